The second-order valence-electron chi connectivity index (χ2n) is 4.24. The van der Waals surface area contributed by atoms with Gasteiger partial charge in [0.25, 0.3) is 0 Å². The summed E-state index contributed by atoms with van der Waals surface area (Å²) in [7, 11) is 0. The largest absolute Gasteiger partial charge is 0.336 e. The lowest BCUT2D eigenvalue weighted by Gasteiger charge is -2.21. The molecular weight excluding hydrogens is 281 g/mol. The summed E-state index contributed by atoms with van der Waals surface area (Å²) in [4.78, 5) is 2.75. The third-order valence-corrected chi connectivity index (χ3v) is 4.80. The molecule has 0 radical (unpaired) electrons. The van der Waals surface area contributed by atoms with Crippen LogP contribution in [-0.4, -0.2) is 22.3 Å². The molecule has 0 fully saturated rings. The van der Waals surface area contributed by atoms with Crippen LogP contribution in [0.25, 0.3) is 10.9 Å². The molecule has 19 heavy (non-hydrogen) atoms. The smallest absolute Gasteiger partial charge is 0.144 e. The highest BCUT2D eigenvalue weighted by Crippen LogP contribution is 2.40. The number of hydrogen-bond acceptors (Lipinski definition) is 4. The Hall–Kier alpha value is -1.14. The number of halogens is 1. The lowest BCUT2D eigenvalue weighted by Crippen LogP contribution is -2.14. The summed E-state index contributed by atoms with van der Waals surface area (Å²) in [6.45, 7) is 1.99. The van der Waals surface area contributed by atoms with E-state index in [1.807, 2.05) is 24.8 Å². The maximum atomic E-state index is 14.7. The molecule has 6 heteroatoms. The molecule has 1 aliphatic rings. The molecule has 0 bridgehead atoms. The zero-order valence-corrected chi connectivity index (χ0v) is 12.4. The van der Waals surface area contributed by atoms with E-state index in [2.05, 4.69) is 15.1 Å². The normalized spacial score (nSPS) is 14.8. The van der Waals surface area contributed by atoms with Gasteiger partial charge in [-0.15, -0.1) is 23.5 Å². The maximum absolute atomic E-state index is 14.7. The van der Waals surface area contributed by atoms with Gasteiger partial charge in [0, 0.05) is 17.1 Å². The van der Waals surface area contributed by atoms with Crippen molar-refractivity contribution in [3.8, 4) is 0 Å². The molecule has 2 heterocycles. The number of anilines is 1. The topological polar surface area (TPSA) is 31.9 Å². The Morgan fingerprint density at radius 1 is 1.58 bits per heavy atom. The number of nitrogens with zero attached hydrogens (tertiary/aromatic N) is 2. The van der Waals surface area contributed by atoms with Crippen molar-refractivity contribution in [2.24, 2.45) is 0 Å². The minimum atomic E-state index is -0.118. The molecule has 0 saturated carbocycles. The Balaban J connectivity index is 2.35. The number of thioether (sulfide) groups is 2. The fraction of sp³-hybridized carbons (Fsp3) is 0.308. The van der Waals surface area contributed by atoms with E-state index in [4.69, 9.17) is 0 Å². The lowest BCUT2D eigenvalue weighted by atomic mass is 10.0. The lowest BCUT2D eigenvalue weighted by molar-refractivity contribution is 0.590. The summed E-state index contributed by atoms with van der Waals surface area (Å²) >= 11 is 3.13. The molecule has 1 N–H and O–H groups in total. The van der Waals surface area contributed by atoms with E-state index in [1.54, 1.807) is 18.0 Å². The number of aromatic amines is 1. The van der Waals surface area contributed by atoms with Gasteiger partial charge in [-0.05, 0) is 18.1 Å². The van der Waals surface area contributed by atoms with Crippen molar-refractivity contribution >= 4 is 40.1 Å². The third-order valence-electron chi connectivity index (χ3n) is 3.27. The van der Waals surface area contributed by atoms with Crippen LogP contribution in [0.3, 0.4) is 0 Å². The van der Waals surface area contributed by atoms with Crippen molar-refractivity contribution < 1.29 is 4.39 Å². The van der Waals surface area contributed by atoms with Crippen molar-refractivity contribution in [1.29, 1.82) is 0 Å². The molecule has 3 rings (SSSR count). The Morgan fingerprint density at radius 2 is 2.42 bits per heavy atom. The predicted octanol–water partition coefficient (Wildman–Crippen LogP) is 3.97. The fourth-order valence-corrected chi connectivity index (χ4v) is 3.77. The predicted molar refractivity (Wildman–Crippen MR) is 81.3 cm³/mol. The average molecular weight is 295 g/mol. The van der Waals surface area contributed by atoms with Crippen LogP contribution in [0.5, 0.6) is 0 Å². The van der Waals surface area contributed by atoms with Crippen LogP contribution in [0, 0.1) is 5.82 Å². The van der Waals surface area contributed by atoms with Crippen molar-refractivity contribution in [2.45, 2.75) is 18.2 Å². The van der Waals surface area contributed by atoms with Gasteiger partial charge in [0.1, 0.15) is 5.82 Å². The molecular formula is C13H14FN3S2. The van der Waals surface area contributed by atoms with Crippen LogP contribution in [0.1, 0.15) is 12.5 Å². The number of benzene rings is 1. The zero-order valence-electron chi connectivity index (χ0n) is 10.7. The minimum absolute atomic E-state index is 0.118. The molecule has 2 aromatic rings. The van der Waals surface area contributed by atoms with E-state index in [0.29, 0.717) is 11.3 Å². The first-order valence-electron chi connectivity index (χ1n) is 6.04. The second kappa shape index (κ2) is 5.09. The van der Waals surface area contributed by atoms with Crippen molar-refractivity contribution in [3.05, 3.63) is 29.2 Å². The third kappa shape index (κ3) is 1.94. The number of nitrogens with one attached hydrogen (secondary N) is 1. The Morgan fingerprint density at radius 3 is 3.05 bits per heavy atom. The SMILES string of the molecule is CCc1c(F)c(SC)c2[nH]ncc2c1N1C=CSC1. The molecule has 0 unspecified atom stereocenters. The summed E-state index contributed by atoms with van der Waals surface area (Å²) in [5.74, 6) is 0.706. The molecule has 1 aromatic carbocycles. The van der Waals surface area contributed by atoms with Crippen LogP contribution in [0.15, 0.2) is 22.7 Å². The fourth-order valence-electron chi connectivity index (χ4n) is 2.42. The monoisotopic (exact) mass is 295 g/mol. The van der Waals surface area contributed by atoms with Crippen LogP contribution in [0.4, 0.5) is 10.1 Å². The van der Waals surface area contributed by atoms with Crippen molar-refractivity contribution in [3.63, 3.8) is 0 Å². The molecule has 0 spiro atoms. The number of H-pyrrole nitrogens is 1. The summed E-state index contributed by atoms with van der Waals surface area (Å²) in [6.07, 6.45) is 6.36. The number of fused-ring (bicyclic) bond motifs is 1. The van der Waals surface area contributed by atoms with Gasteiger partial charge in [-0.3, -0.25) is 5.10 Å². The van der Waals surface area contributed by atoms with Crippen molar-refractivity contribution in [2.75, 3.05) is 17.0 Å². The average Bonchev–Trinajstić information content (AvgIpc) is 3.08. The molecule has 100 valence electrons. The van der Waals surface area contributed by atoms with Gasteiger partial charge in [-0.1, -0.05) is 6.92 Å². The highest BCUT2D eigenvalue weighted by molar-refractivity contribution is 8.02. The molecule has 0 amide bonds. The molecule has 1 aromatic heterocycles. The summed E-state index contributed by atoms with van der Waals surface area (Å²) in [5.41, 5.74) is 2.51. The molecule has 3 nitrogen and oxygen atoms in total. The quantitative estimate of drug-likeness (QED) is 0.868. The summed E-state index contributed by atoms with van der Waals surface area (Å²) < 4.78 is 14.7. The van der Waals surface area contributed by atoms with Crippen LogP contribution >= 0.6 is 23.5 Å². The summed E-state index contributed by atoms with van der Waals surface area (Å²) in [6, 6.07) is 0. The minimum Gasteiger partial charge on any atom is -0.336 e. The highest BCUT2D eigenvalue weighted by Gasteiger charge is 2.23. The highest BCUT2D eigenvalue weighted by atomic mass is 32.2. The van der Waals surface area contributed by atoms with E-state index >= 15 is 0 Å². The zero-order chi connectivity index (χ0) is 13.4. The first-order chi connectivity index (χ1) is 9.27. The van der Waals surface area contributed by atoms with Gasteiger partial charge in [0.15, 0.2) is 0 Å². The van der Waals surface area contributed by atoms with E-state index in [1.165, 1.54) is 11.8 Å². The molecule has 1 aliphatic heterocycles. The van der Waals surface area contributed by atoms with Gasteiger partial charge >= 0.3 is 0 Å². The van der Waals surface area contributed by atoms with Gasteiger partial charge in [-0.2, -0.15) is 5.10 Å². The number of hydrogen-bond donors (Lipinski definition) is 1. The van der Waals surface area contributed by atoms with Gasteiger partial charge in [-0.25, -0.2) is 4.39 Å². The Bertz CT molecular complexity index is 651. The van der Waals surface area contributed by atoms with Gasteiger partial charge in [0.2, 0.25) is 0 Å². The number of rotatable bonds is 3. The van der Waals surface area contributed by atoms with E-state index in [9.17, 15) is 4.39 Å². The first kappa shape index (κ1) is 12.9. The molecule has 0 aliphatic carbocycles. The maximum Gasteiger partial charge on any atom is 0.144 e. The molecule has 0 saturated heterocycles. The Kier molecular flexibility index (Phi) is 3.45. The standard InChI is InChI=1S/C13H14FN3S2/c1-3-8-10(14)13(18-2)11-9(6-15-16-11)12(8)17-4-5-19-7-17/h4-6H,3,7H2,1-2H3,(H,15,16). The summed E-state index contributed by atoms with van der Waals surface area (Å²) in [5, 5.41) is 10.1. The number of aromatic nitrogens is 2. The molecule has 0 atom stereocenters. The van der Waals surface area contributed by atoms with Gasteiger partial charge < -0.3 is 4.90 Å². The van der Waals surface area contributed by atoms with Crippen LogP contribution < -0.4 is 4.90 Å². The first-order valence-corrected chi connectivity index (χ1v) is 8.31. The Labute approximate surface area is 119 Å². The second-order valence-corrected chi connectivity index (χ2v) is 5.92. The van der Waals surface area contributed by atoms with Crippen molar-refractivity contribution in [1.82, 2.24) is 10.2 Å². The van der Waals surface area contributed by atoms with Crippen LogP contribution in [0.2, 0.25) is 0 Å². The van der Waals surface area contributed by atoms with E-state index < -0.39 is 0 Å². The van der Waals surface area contributed by atoms with Gasteiger partial charge in [0.05, 0.1) is 28.2 Å². The van der Waals surface area contributed by atoms with E-state index in [-0.39, 0.29) is 5.82 Å². The van der Waals surface area contributed by atoms with E-state index in [0.717, 1.165) is 28.0 Å². The van der Waals surface area contributed by atoms with Crippen LogP contribution in [-0.2, 0) is 6.42 Å².